The van der Waals surface area contributed by atoms with Gasteiger partial charge in [0.15, 0.2) is 18.1 Å². The van der Waals surface area contributed by atoms with Crippen LogP contribution in [0.5, 0.6) is 11.5 Å². The molecule has 0 radical (unpaired) electrons. The lowest BCUT2D eigenvalue weighted by atomic mass is 10.2. The Morgan fingerprint density at radius 3 is 2.53 bits per heavy atom. The van der Waals surface area contributed by atoms with Crippen molar-refractivity contribution in [2.75, 3.05) is 13.7 Å². The van der Waals surface area contributed by atoms with Crippen molar-refractivity contribution >= 4 is 40.7 Å². The number of hydrogen-bond acceptors (Lipinski definition) is 7. The molecule has 3 aromatic rings. The molecule has 10 heteroatoms. The van der Waals surface area contributed by atoms with E-state index in [9.17, 15) is 14.4 Å². The highest BCUT2D eigenvalue weighted by molar-refractivity contribution is 7.12. The van der Waals surface area contributed by atoms with Gasteiger partial charge in [0.1, 0.15) is 6.61 Å². The van der Waals surface area contributed by atoms with E-state index < -0.39 is 24.4 Å². The second kappa shape index (κ2) is 11.2. The summed E-state index contributed by atoms with van der Waals surface area (Å²) in [5.41, 5.74) is 5.39. The zero-order valence-electron chi connectivity index (χ0n) is 16.9. The normalized spacial score (nSPS) is 10.2. The number of ether oxygens (including phenoxy) is 3. The molecule has 0 saturated carbocycles. The minimum atomic E-state index is -0.735. The summed E-state index contributed by atoms with van der Waals surface area (Å²) in [7, 11) is 1.44. The number of methoxy groups -OCH3 is 1. The van der Waals surface area contributed by atoms with Gasteiger partial charge < -0.3 is 14.2 Å². The zero-order chi connectivity index (χ0) is 22.9. The fourth-order valence-electron chi connectivity index (χ4n) is 2.53. The van der Waals surface area contributed by atoms with Crippen LogP contribution in [0.3, 0.4) is 0 Å². The first-order chi connectivity index (χ1) is 15.5. The summed E-state index contributed by atoms with van der Waals surface area (Å²) in [6.07, 6.45) is 0. The number of hydrogen-bond donors (Lipinski definition) is 2. The van der Waals surface area contributed by atoms with Crippen molar-refractivity contribution in [2.45, 2.75) is 6.61 Å². The molecule has 0 bridgehead atoms. The van der Waals surface area contributed by atoms with E-state index in [2.05, 4.69) is 10.9 Å². The lowest BCUT2D eigenvalue weighted by molar-refractivity contribution is -0.125. The monoisotopic (exact) mass is 474 g/mol. The maximum Gasteiger partial charge on any atom is 0.338 e. The molecule has 2 N–H and O–H groups in total. The first-order valence-corrected chi connectivity index (χ1v) is 10.6. The van der Waals surface area contributed by atoms with Crippen LogP contribution in [0.15, 0.2) is 60.0 Å². The molecule has 1 heterocycles. The minimum absolute atomic E-state index is 0.169. The van der Waals surface area contributed by atoms with Crippen LogP contribution in [0.1, 0.15) is 25.6 Å². The fraction of sp³-hybridized carbons (Fsp3) is 0.136. The molecule has 166 valence electrons. The lowest BCUT2D eigenvalue weighted by Crippen LogP contribution is -2.43. The second-order valence-electron chi connectivity index (χ2n) is 6.30. The van der Waals surface area contributed by atoms with Crippen LogP contribution < -0.4 is 20.3 Å². The number of hydrazine groups is 1. The van der Waals surface area contributed by atoms with Crippen molar-refractivity contribution in [2.24, 2.45) is 0 Å². The summed E-state index contributed by atoms with van der Waals surface area (Å²) in [5, 5.41) is 2.32. The molecule has 0 aliphatic carbocycles. The van der Waals surface area contributed by atoms with Gasteiger partial charge in [-0.25, -0.2) is 4.79 Å². The average molecular weight is 475 g/mol. The van der Waals surface area contributed by atoms with Gasteiger partial charge in [0.2, 0.25) is 0 Å². The Bertz CT molecular complexity index is 1100. The van der Waals surface area contributed by atoms with Crippen molar-refractivity contribution < 1.29 is 28.6 Å². The van der Waals surface area contributed by atoms with Gasteiger partial charge in [-0.3, -0.25) is 20.4 Å². The Kier molecular flexibility index (Phi) is 8.07. The predicted octanol–water partition coefficient (Wildman–Crippen LogP) is 3.61. The van der Waals surface area contributed by atoms with E-state index in [0.717, 1.165) is 5.56 Å². The van der Waals surface area contributed by atoms with E-state index in [1.54, 1.807) is 29.6 Å². The van der Waals surface area contributed by atoms with E-state index in [1.807, 2.05) is 18.2 Å². The molecule has 3 rings (SSSR count). The van der Waals surface area contributed by atoms with E-state index in [4.69, 9.17) is 25.8 Å². The number of carbonyl (C=O) groups excluding carboxylic acids is 3. The number of amides is 2. The van der Waals surface area contributed by atoms with Gasteiger partial charge in [-0.05, 0) is 35.7 Å². The number of esters is 1. The van der Waals surface area contributed by atoms with Crippen LogP contribution in [0, 0.1) is 0 Å². The Labute approximate surface area is 193 Å². The third kappa shape index (κ3) is 6.22. The Hall–Kier alpha value is -3.56. The Balaban J connectivity index is 1.52. The van der Waals surface area contributed by atoms with Gasteiger partial charge in [-0.15, -0.1) is 11.3 Å². The molecule has 0 spiro atoms. The maximum atomic E-state index is 12.3. The van der Waals surface area contributed by atoms with Crippen LogP contribution in [0.25, 0.3) is 0 Å². The van der Waals surface area contributed by atoms with Gasteiger partial charge in [-0.1, -0.05) is 35.9 Å². The van der Waals surface area contributed by atoms with Crippen molar-refractivity contribution in [1.29, 1.82) is 0 Å². The molecule has 1 aromatic heterocycles. The summed E-state index contributed by atoms with van der Waals surface area (Å²) in [6.45, 7) is -0.353. The second-order valence-corrected chi connectivity index (χ2v) is 7.66. The average Bonchev–Trinajstić information content (AvgIpc) is 3.35. The van der Waals surface area contributed by atoms with E-state index in [-0.39, 0.29) is 12.2 Å². The van der Waals surface area contributed by atoms with Gasteiger partial charge in [0.05, 0.1) is 17.6 Å². The number of rotatable bonds is 8. The number of thiophene rings is 1. The van der Waals surface area contributed by atoms with Gasteiger partial charge in [0, 0.05) is 10.6 Å². The summed E-state index contributed by atoms with van der Waals surface area (Å²) in [4.78, 5) is 36.3. The zero-order valence-corrected chi connectivity index (χ0v) is 18.5. The topological polar surface area (TPSA) is 103 Å². The van der Waals surface area contributed by atoms with E-state index in [0.29, 0.717) is 21.4 Å². The number of carbonyl (C=O) groups is 3. The molecule has 0 aliphatic heterocycles. The van der Waals surface area contributed by atoms with Crippen LogP contribution in [0.2, 0.25) is 5.02 Å². The SMILES string of the molecule is COc1cc(C(=O)OCC(=O)NNC(=O)c2cccs2)ccc1OCc1ccccc1Cl. The minimum Gasteiger partial charge on any atom is -0.493 e. The van der Waals surface area contributed by atoms with Gasteiger partial charge >= 0.3 is 5.97 Å². The summed E-state index contributed by atoms with van der Waals surface area (Å²) in [6, 6.07) is 15.1. The van der Waals surface area contributed by atoms with E-state index in [1.165, 1.54) is 30.6 Å². The van der Waals surface area contributed by atoms with Crippen LogP contribution in [-0.2, 0) is 16.1 Å². The number of nitrogens with one attached hydrogen (secondary N) is 2. The summed E-state index contributed by atoms with van der Waals surface area (Å²) >= 11 is 7.36. The van der Waals surface area contributed by atoms with Crippen molar-refractivity contribution in [3.05, 3.63) is 81.0 Å². The first kappa shape index (κ1) is 23.1. The number of halogens is 1. The Morgan fingerprint density at radius 2 is 1.81 bits per heavy atom. The largest absolute Gasteiger partial charge is 0.493 e. The lowest BCUT2D eigenvalue weighted by Gasteiger charge is -2.13. The standard InChI is InChI=1S/C22H19ClN2O6S/c1-29-18-11-14(8-9-17(18)30-12-15-5-2-3-6-16(15)23)22(28)31-13-20(26)24-25-21(27)19-7-4-10-32-19/h2-11H,12-13H2,1H3,(H,24,26)(H,25,27). The summed E-state index contributed by atoms with van der Waals surface area (Å²) in [5.74, 6) is -1.15. The fourth-order valence-corrected chi connectivity index (χ4v) is 3.34. The molecule has 0 unspecified atom stereocenters. The maximum absolute atomic E-state index is 12.3. The predicted molar refractivity (Wildman–Crippen MR) is 119 cm³/mol. The smallest absolute Gasteiger partial charge is 0.338 e. The highest BCUT2D eigenvalue weighted by Crippen LogP contribution is 2.30. The quantitative estimate of drug-likeness (QED) is 0.382. The molecule has 0 saturated heterocycles. The van der Waals surface area contributed by atoms with Crippen molar-refractivity contribution in [3.63, 3.8) is 0 Å². The first-order valence-electron chi connectivity index (χ1n) is 9.32. The van der Waals surface area contributed by atoms with E-state index >= 15 is 0 Å². The number of benzene rings is 2. The van der Waals surface area contributed by atoms with Gasteiger partial charge in [0.25, 0.3) is 11.8 Å². The van der Waals surface area contributed by atoms with Crippen LogP contribution in [-0.4, -0.2) is 31.5 Å². The molecule has 2 aromatic carbocycles. The highest BCUT2D eigenvalue weighted by Gasteiger charge is 2.15. The third-order valence-electron chi connectivity index (χ3n) is 4.14. The molecule has 32 heavy (non-hydrogen) atoms. The molecule has 0 aliphatic rings. The van der Waals surface area contributed by atoms with Crippen LogP contribution >= 0.6 is 22.9 Å². The van der Waals surface area contributed by atoms with Crippen molar-refractivity contribution in [3.8, 4) is 11.5 Å². The van der Waals surface area contributed by atoms with Crippen LogP contribution in [0.4, 0.5) is 0 Å². The molecule has 0 atom stereocenters. The molecular weight excluding hydrogens is 456 g/mol. The third-order valence-corrected chi connectivity index (χ3v) is 5.37. The molecule has 8 nitrogen and oxygen atoms in total. The molecule has 0 fully saturated rings. The molecule has 2 amide bonds. The van der Waals surface area contributed by atoms with Crippen molar-refractivity contribution in [1.82, 2.24) is 10.9 Å². The summed E-state index contributed by atoms with van der Waals surface area (Å²) < 4.78 is 16.0. The Morgan fingerprint density at radius 1 is 1.00 bits per heavy atom. The highest BCUT2D eigenvalue weighted by atomic mass is 35.5. The molecular formula is C22H19ClN2O6S. The van der Waals surface area contributed by atoms with Gasteiger partial charge in [-0.2, -0.15) is 0 Å².